The molecule has 2 rings (SSSR count). The van der Waals surface area contributed by atoms with Crippen molar-refractivity contribution in [3.8, 4) is 11.1 Å². The molecule has 0 atom stereocenters. The average molecular weight is 256 g/mol. The number of aromatic carboxylic acids is 1. The normalized spacial score (nSPS) is 10.5. The minimum absolute atomic E-state index is 0.287. The number of rotatable bonds is 4. The van der Waals surface area contributed by atoms with Crippen LogP contribution in [0.1, 0.15) is 24.2 Å². The summed E-state index contributed by atoms with van der Waals surface area (Å²) < 4.78 is 0. The summed E-state index contributed by atoms with van der Waals surface area (Å²) in [5, 5.41) is 12.1. The van der Waals surface area contributed by atoms with Gasteiger partial charge in [-0.3, -0.25) is 0 Å². The van der Waals surface area contributed by atoms with E-state index in [-0.39, 0.29) is 5.56 Å². The van der Waals surface area contributed by atoms with Crippen LogP contribution in [0.25, 0.3) is 11.1 Å². The maximum Gasteiger partial charge on any atom is 0.335 e. The highest BCUT2D eigenvalue weighted by Crippen LogP contribution is 2.20. The third kappa shape index (κ3) is 3.31. The van der Waals surface area contributed by atoms with Crippen molar-refractivity contribution in [3.05, 3.63) is 48.2 Å². The number of benzene rings is 1. The van der Waals surface area contributed by atoms with Gasteiger partial charge in [0.15, 0.2) is 0 Å². The lowest BCUT2D eigenvalue weighted by atomic mass is 10.1. The molecular weight excluding hydrogens is 240 g/mol. The molecule has 0 aliphatic rings. The summed E-state index contributed by atoms with van der Waals surface area (Å²) in [6.45, 7) is 4.11. The van der Waals surface area contributed by atoms with Crippen molar-refractivity contribution in [2.75, 3.05) is 5.32 Å². The fourth-order valence-corrected chi connectivity index (χ4v) is 1.75. The van der Waals surface area contributed by atoms with Gasteiger partial charge >= 0.3 is 5.97 Å². The molecule has 4 heteroatoms. The van der Waals surface area contributed by atoms with Crippen LogP contribution >= 0.6 is 0 Å². The number of carbonyl (C=O) groups is 1. The Hall–Kier alpha value is -2.36. The summed E-state index contributed by atoms with van der Waals surface area (Å²) in [5.41, 5.74) is 2.20. The molecule has 0 aliphatic heterocycles. The van der Waals surface area contributed by atoms with Crippen molar-refractivity contribution < 1.29 is 9.90 Å². The number of nitrogens with one attached hydrogen (secondary N) is 1. The molecule has 4 nitrogen and oxygen atoms in total. The molecule has 0 saturated carbocycles. The van der Waals surface area contributed by atoms with Gasteiger partial charge in [-0.2, -0.15) is 0 Å². The first-order valence-corrected chi connectivity index (χ1v) is 6.12. The second kappa shape index (κ2) is 5.52. The van der Waals surface area contributed by atoms with Gasteiger partial charge < -0.3 is 10.4 Å². The molecule has 2 N–H and O–H groups in total. The molecule has 1 heterocycles. The Labute approximate surface area is 112 Å². The summed E-state index contributed by atoms with van der Waals surface area (Å²) in [5.74, 6) is -0.0814. The largest absolute Gasteiger partial charge is 0.478 e. The van der Waals surface area contributed by atoms with Gasteiger partial charge in [0.05, 0.1) is 5.56 Å². The van der Waals surface area contributed by atoms with E-state index in [9.17, 15) is 4.79 Å². The van der Waals surface area contributed by atoms with Crippen LogP contribution in [0.15, 0.2) is 42.6 Å². The van der Waals surface area contributed by atoms with Crippen LogP contribution < -0.4 is 5.32 Å². The summed E-state index contributed by atoms with van der Waals surface area (Å²) in [6, 6.07) is 11.0. The highest BCUT2D eigenvalue weighted by molar-refractivity contribution is 5.88. The number of aromatic nitrogens is 1. The first-order valence-electron chi connectivity index (χ1n) is 6.12. The van der Waals surface area contributed by atoms with Crippen LogP contribution in [0.4, 0.5) is 5.82 Å². The first-order chi connectivity index (χ1) is 9.06. The maximum atomic E-state index is 10.8. The molecule has 2 aromatic rings. The second-order valence-corrected chi connectivity index (χ2v) is 4.61. The van der Waals surface area contributed by atoms with Crippen LogP contribution in [0, 0.1) is 0 Å². The Morgan fingerprint density at radius 3 is 2.21 bits per heavy atom. The minimum atomic E-state index is -0.916. The highest BCUT2D eigenvalue weighted by Gasteiger charge is 2.04. The van der Waals surface area contributed by atoms with Gasteiger partial charge in [0.25, 0.3) is 0 Å². The van der Waals surface area contributed by atoms with Crippen LogP contribution in [0.5, 0.6) is 0 Å². The molecule has 0 saturated heterocycles. The standard InChI is InChI=1S/C15H16N2O2/c1-10(2)17-14-8-7-13(9-16-14)11-3-5-12(6-4-11)15(18)19/h3-10H,1-2H3,(H,16,17)(H,18,19). The summed E-state index contributed by atoms with van der Waals surface area (Å²) in [6.07, 6.45) is 1.78. The van der Waals surface area contributed by atoms with Gasteiger partial charge in [0, 0.05) is 17.8 Å². The zero-order valence-electron chi connectivity index (χ0n) is 10.9. The van der Waals surface area contributed by atoms with Crippen LogP contribution in [-0.2, 0) is 0 Å². The lowest BCUT2D eigenvalue weighted by Crippen LogP contribution is -2.10. The van der Waals surface area contributed by atoms with Crippen molar-refractivity contribution in [1.82, 2.24) is 4.98 Å². The third-order valence-corrected chi connectivity index (χ3v) is 2.67. The number of anilines is 1. The summed E-state index contributed by atoms with van der Waals surface area (Å²) in [4.78, 5) is 15.1. The predicted octanol–water partition coefficient (Wildman–Crippen LogP) is 3.27. The van der Waals surface area contributed by atoms with E-state index in [1.54, 1.807) is 30.5 Å². The summed E-state index contributed by atoms with van der Waals surface area (Å²) in [7, 11) is 0. The Kier molecular flexibility index (Phi) is 3.80. The number of hydrogen-bond acceptors (Lipinski definition) is 3. The lowest BCUT2D eigenvalue weighted by molar-refractivity contribution is 0.0697. The molecular formula is C15H16N2O2. The maximum absolute atomic E-state index is 10.8. The van der Waals surface area contributed by atoms with Crippen molar-refractivity contribution in [1.29, 1.82) is 0 Å². The summed E-state index contributed by atoms with van der Waals surface area (Å²) >= 11 is 0. The Balaban J connectivity index is 2.19. The van der Waals surface area contributed by atoms with Crippen molar-refractivity contribution in [3.63, 3.8) is 0 Å². The van der Waals surface area contributed by atoms with Crippen LogP contribution in [0.3, 0.4) is 0 Å². The molecule has 0 spiro atoms. The molecule has 98 valence electrons. The van der Waals surface area contributed by atoms with E-state index < -0.39 is 5.97 Å². The number of carboxylic acids is 1. The van der Waals surface area contributed by atoms with Gasteiger partial charge in [-0.15, -0.1) is 0 Å². The van der Waals surface area contributed by atoms with E-state index in [1.165, 1.54) is 0 Å². The predicted molar refractivity (Wildman–Crippen MR) is 75.4 cm³/mol. The first kappa shape index (κ1) is 13.1. The second-order valence-electron chi connectivity index (χ2n) is 4.61. The van der Waals surface area contributed by atoms with Gasteiger partial charge in [-0.1, -0.05) is 12.1 Å². The molecule has 0 bridgehead atoms. The molecule has 19 heavy (non-hydrogen) atoms. The SMILES string of the molecule is CC(C)Nc1ccc(-c2ccc(C(=O)O)cc2)cn1. The quantitative estimate of drug-likeness (QED) is 0.881. The van der Waals surface area contributed by atoms with Gasteiger partial charge in [-0.25, -0.2) is 9.78 Å². The van der Waals surface area contributed by atoms with Crippen molar-refractivity contribution in [2.24, 2.45) is 0 Å². The van der Waals surface area contributed by atoms with Gasteiger partial charge in [0.1, 0.15) is 5.82 Å². The molecule has 1 aromatic carbocycles. The van der Waals surface area contributed by atoms with Gasteiger partial charge in [-0.05, 0) is 43.7 Å². The zero-order valence-corrected chi connectivity index (χ0v) is 10.9. The Bertz CT molecular complexity index is 560. The van der Waals surface area contributed by atoms with E-state index in [4.69, 9.17) is 5.11 Å². The van der Waals surface area contributed by atoms with Crippen molar-refractivity contribution in [2.45, 2.75) is 19.9 Å². The fraction of sp³-hybridized carbons (Fsp3) is 0.200. The zero-order chi connectivity index (χ0) is 13.8. The lowest BCUT2D eigenvalue weighted by Gasteiger charge is -2.09. The average Bonchev–Trinajstić information content (AvgIpc) is 2.39. The van der Waals surface area contributed by atoms with E-state index in [2.05, 4.69) is 24.1 Å². The smallest absolute Gasteiger partial charge is 0.335 e. The molecule has 0 amide bonds. The van der Waals surface area contributed by atoms with Crippen molar-refractivity contribution >= 4 is 11.8 Å². The molecule has 0 fully saturated rings. The molecule has 0 unspecified atom stereocenters. The van der Waals surface area contributed by atoms with Gasteiger partial charge in [0.2, 0.25) is 0 Å². The fourth-order valence-electron chi connectivity index (χ4n) is 1.75. The number of hydrogen-bond donors (Lipinski definition) is 2. The Morgan fingerprint density at radius 2 is 1.74 bits per heavy atom. The number of pyridine rings is 1. The minimum Gasteiger partial charge on any atom is -0.478 e. The van der Waals surface area contributed by atoms with E-state index >= 15 is 0 Å². The van der Waals surface area contributed by atoms with E-state index in [0.29, 0.717) is 6.04 Å². The highest BCUT2D eigenvalue weighted by atomic mass is 16.4. The van der Waals surface area contributed by atoms with E-state index in [1.807, 2.05) is 12.1 Å². The molecule has 0 aliphatic carbocycles. The van der Waals surface area contributed by atoms with Crippen LogP contribution in [0.2, 0.25) is 0 Å². The molecule has 1 aromatic heterocycles. The number of carboxylic acid groups (broad SMARTS) is 1. The Morgan fingerprint density at radius 1 is 1.11 bits per heavy atom. The topological polar surface area (TPSA) is 62.2 Å². The van der Waals surface area contributed by atoms with Crippen LogP contribution in [-0.4, -0.2) is 22.1 Å². The third-order valence-electron chi connectivity index (χ3n) is 2.67. The monoisotopic (exact) mass is 256 g/mol. The van der Waals surface area contributed by atoms with E-state index in [0.717, 1.165) is 16.9 Å². The number of nitrogens with zero attached hydrogens (tertiary/aromatic N) is 1. The molecule has 0 radical (unpaired) electrons.